The van der Waals surface area contributed by atoms with E-state index >= 15 is 0 Å². The van der Waals surface area contributed by atoms with Gasteiger partial charge in [-0.1, -0.05) is 23.7 Å². The van der Waals surface area contributed by atoms with Gasteiger partial charge in [-0.25, -0.2) is 24.0 Å². The van der Waals surface area contributed by atoms with Crippen molar-refractivity contribution in [1.29, 1.82) is 0 Å². The van der Waals surface area contributed by atoms with Gasteiger partial charge in [0.2, 0.25) is 10.0 Å². The highest BCUT2D eigenvalue weighted by Crippen LogP contribution is 2.17. The Balaban J connectivity index is 2.19. The molecule has 0 aliphatic heterocycles. The van der Waals surface area contributed by atoms with Crippen LogP contribution >= 0.6 is 11.6 Å². The number of aromatic nitrogens is 1. The van der Waals surface area contributed by atoms with Gasteiger partial charge in [-0.3, -0.25) is 0 Å². The van der Waals surface area contributed by atoms with Crippen molar-refractivity contribution in [3.05, 3.63) is 53.2 Å². The number of hydrogen-bond donors (Lipinski definition) is 3. The largest absolute Gasteiger partial charge is 0.307 e. The predicted octanol–water partition coefficient (Wildman–Crippen LogP) is 1.50. The zero-order valence-electron chi connectivity index (χ0n) is 10.4. The van der Waals surface area contributed by atoms with Gasteiger partial charge in [-0.2, -0.15) is 0 Å². The Morgan fingerprint density at radius 1 is 1.25 bits per heavy atom. The number of hydrogen-bond acceptors (Lipinski definition) is 5. The zero-order chi connectivity index (χ0) is 14.6. The molecule has 106 valence electrons. The van der Waals surface area contributed by atoms with Gasteiger partial charge in [-0.15, -0.1) is 0 Å². The molecule has 8 heteroatoms. The van der Waals surface area contributed by atoms with Crippen molar-refractivity contribution < 1.29 is 8.42 Å². The van der Waals surface area contributed by atoms with Gasteiger partial charge < -0.3 is 5.43 Å². The highest BCUT2D eigenvalue weighted by molar-refractivity contribution is 7.89. The molecule has 1 aromatic carbocycles. The average molecular weight is 313 g/mol. The summed E-state index contributed by atoms with van der Waals surface area (Å²) in [6.07, 6.45) is 1.45. The van der Waals surface area contributed by atoms with Gasteiger partial charge in [0, 0.05) is 17.8 Å². The van der Waals surface area contributed by atoms with E-state index in [1.165, 1.54) is 18.3 Å². The van der Waals surface area contributed by atoms with Crippen LogP contribution in [-0.2, 0) is 16.6 Å². The molecule has 1 heterocycles. The van der Waals surface area contributed by atoms with Gasteiger partial charge in [0.05, 0.1) is 0 Å². The molecule has 0 saturated carbocycles. The molecule has 0 bridgehead atoms. The normalized spacial score (nSPS) is 11.3. The van der Waals surface area contributed by atoms with E-state index in [0.717, 1.165) is 5.56 Å². The number of rotatable bonds is 5. The van der Waals surface area contributed by atoms with E-state index in [0.29, 0.717) is 5.02 Å². The lowest BCUT2D eigenvalue weighted by atomic mass is 10.2. The lowest BCUT2D eigenvalue weighted by molar-refractivity contribution is 0.581. The van der Waals surface area contributed by atoms with Gasteiger partial charge in [-0.05, 0) is 29.8 Å². The number of nitrogens with two attached hydrogens (primary N) is 1. The van der Waals surface area contributed by atoms with Crippen molar-refractivity contribution in [3.8, 4) is 0 Å². The lowest BCUT2D eigenvalue weighted by Gasteiger charge is -2.10. The van der Waals surface area contributed by atoms with Gasteiger partial charge in [0.15, 0.2) is 5.82 Å². The van der Waals surface area contributed by atoms with Gasteiger partial charge >= 0.3 is 0 Å². The quantitative estimate of drug-likeness (QED) is 0.574. The monoisotopic (exact) mass is 312 g/mol. The number of sulfonamides is 1. The Morgan fingerprint density at radius 2 is 2.05 bits per heavy atom. The number of pyridine rings is 1. The van der Waals surface area contributed by atoms with Crippen LogP contribution in [0.15, 0.2) is 47.5 Å². The first-order valence-corrected chi connectivity index (χ1v) is 7.55. The van der Waals surface area contributed by atoms with Crippen LogP contribution in [0.1, 0.15) is 5.56 Å². The summed E-state index contributed by atoms with van der Waals surface area (Å²) in [5.74, 6) is 5.34. The summed E-state index contributed by atoms with van der Waals surface area (Å²) >= 11 is 5.85. The van der Waals surface area contributed by atoms with Crippen LogP contribution < -0.4 is 16.0 Å². The molecule has 20 heavy (non-hydrogen) atoms. The van der Waals surface area contributed by atoms with Crippen LogP contribution in [0.2, 0.25) is 5.02 Å². The minimum atomic E-state index is -3.71. The molecule has 6 nitrogen and oxygen atoms in total. The van der Waals surface area contributed by atoms with E-state index in [9.17, 15) is 8.42 Å². The van der Waals surface area contributed by atoms with Gasteiger partial charge in [0.1, 0.15) is 4.90 Å². The highest BCUT2D eigenvalue weighted by atomic mass is 35.5. The lowest BCUT2D eigenvalue weighted by Crippen LogP contribution is -2.25. The Bertz CT molecular complexity index is 706. The first-order valence-electron chi connectivity index (χ1n) is 5.68. The molecule has 0 fully saturated rings. The van der Waals surface area contributed by atoms with Crippen LogP contribution in [0.4, 0.5) is 5.82 Å². The molecule has 0 saturated heterocycles. The topological polar surface area (TPSA) is 97.1 Å². The van der Waals surface area contributed by atoms with E-state index < -0.39 is 10.0 Å². The molecule has 0 amide bonds. The summed E-state index contributed by atoms with van der Waals surface area (Å²) in [6.45, 7) is 0.127. The summed E-state index contributed by atoms with van der Waals surface area (Å²) in [7, 11) is -3.71. The fraction of sp³-hybridized carbons (Fsp3) is 0.0833. The first-order chi connectivity index (χ1) is 9.53. The van der Waals surface area contributed by atoms with Crippen LogP contribution in [0.5, 0.6) is 0 Å². The molecule has 0 spiro atoms. The van der Waals surface area contributed by atoms with E-state index in [-0.39, 0.29) is 17.3 Å². The van der Waals surface area contributed by atoms with E-state index in [4.69, 9.17) is 17.4 Å². The SMILES string of the molecule is NNc1ncccc1S(=O)(=O)NCc1cccc(Cl)c1. The maximum atomic E-state index is 12.2. The first kappa shape index (κ1) is 14.7. The second kappa shape index (κ2) is 6.19. The van der Waals surface area contributed by atoms with Crippen LogP contribution in [-0.4, -0.2) is 13.4 Å². The number of nitrogen functional groups attached to an aromatic ring is 1. The van der Waals surface area contributed by atoms with Crippen molar-refractivity contribution in [2.45, 2.75) is 11.4 Å². The predicted molar refractivity (Wildman–Crippen MR) is 77.5 cm³/mol. The third-order valence-corrected chi connectivity index (χ3v) is 4.22. The molecular weight excluding hydrogens is 300 g/mol. The maximum absolute atomic E-state index is 12.2. The number of halogens is 1. The zero-order valence-corrected chi connectivity index (χ0v) is 11.9. The minimum absolute atomic E-state index is 0.00970. The fourth-order valence-corrected chi connectivity index (χ4v) is 2.97. The third kappa shape index (κ3) is 3.45. The van der Waals surface area contributed by atoms with E-state index in [2.05, 4.69) is 15.1 Å². The molecule has 0 radical (unpaired) electrons. The van der Waals surface area contributed by atoms with Crippen molar-refractivity contribution in [3.63, 3.8) is 0 Å². The molecule has 0 aliphatic carbocycles. The Labute approximate surface area is 122 Å². The number of nitrogens with one attached hydrogen (secondary N) is 2. The maximum Gasteiger partial charge on any atom is 0.244 e. The standard InChI is InChI=1S/C12H13ClN4O2S/c13-10-4-1-3-9(7-10)8-16-20(18,19)11-5-2-6-15-12(11)17-14/h1-7,16H,8,14H2,(H,15,17). The number of anilines is 1. The summed E-state index contributed by atoms with van der Waals surface area (Å²) in [5.41, 5.74) is 3.01. The highest BCUT2D eigenvalue weighted by Gasteiger charge is 2.18. The van der Waals surface area contributed by atoms with Gasteiger partial charge in [0.25, 0.3) is 0 Å². The van der Waals surface area contributed by atoms with Crippen molar-refractivity contribution >= 4 is 27.4 Å². The fourth-order valence-electron chi connectivity index (χ4n) is 1.62. The molecule has 2 rings (SSSR count). The summed E-state index contributed by atoms with van der Waals surface area (Å²) in [4.78, 5) is 3.85. The molecule has 0 aliphatic rings. The molecule has 0 unspecified atom stereocenters. The average Bonchev–Trinajstić information content (AvgIpc) is 2.45. The van der Waals surface area contributed by atoms with Crippen LogP contribution in [0.3, 0.4) is 0 Å². The van der Waals surface area contributed by atoms with Crippen molar-refractivity contribution in [1.82, 2.24) is 9.71 Å². The van der Waals surface area contributed by atoms with Crippen LogP contribution in [0.25, 0.3) is 0 Å². The summed E-state index contributed by atoms with van der Waals surface area (Å²) in [5, 5.41) is 0.549. The summed E-state index contributed by atoms with van der Waals surface area (Å²) < 4.78 is 26.9. The number of nitrogens with zero attached hydrogens (tertiary/aromatic N) is 1. The van der Waals surface area contributed by atoms with Crippen molar-refractivity contribution in [2.24, 2.45) is 5.84 Å². The second-order valence-electron chi connectivity index (χ2n) is 3.95. The molecular formula is C12H13ClN4O2S. The van der Waals surface area contributed by atoms with E-state index in [1.54, 1.807) is 24.3 Å². The Morgan fingerprint density at radius 3 is 2.75 bits per heavy atom. The Hall–Kier alpha value is -1.67. The minimum Gasteiger partial charge on any atom is -0.307 e. The third-order valence-electron chi connectivity index (χ3n) is 2.55. The van der Waals surface area contributed by atoms with Crippen molar-refractivity contribution in [2.75, 3.05) is 5.43 Å². The molecule has 0 atom stereocenters. The molecule has 2 aromatic rings. The Kier molecular flexibility index (Phi) is 4.56. The number of benzene rings is 1. The second-order valence-corrected chi connectivity index (χ2v) is 6.12. The summed E-state index contributed by atoms with van der Waals surface area (Å²) in [6, 6.07) is 9.88. The molecule has 1 aromatic heterocycles. The number of hydrazine groups is 1. The van der Waals surface area contributed by atoms with E-state index in [1.807, 2.05) is 0 Å². The smallest absolute Gasteiger partial charge is 0.244 e. The van der Waals surface area contributed by atoms with Crippen LogP contribution in [0, 0.1) is 0 Å². The molecule has 4 N–H and O–H groups in total.